The molecule has 2 N–H and O–H groups in total. The molecule has 0 aliphatic heterocycles. The van der Waals surface area contributed by atoms with Gasteiger partial charge >= 0.3 is 0 Å². The Morgan fingerprint density at radius 2 is 2.10 bits per heavy atom. The molecular weight excluding hydrogens is 284 g/mol. The predicted octanol–water partition coefficient (Wildman–Crippen LogP) is 2.98. The summed E-state index contributed by atoms with van der Waals surface area (Å²) in [6.45, 7) is 7.21. The van der Waals surface area contributed by atoms with Gasteiger partial charge in [-0.25, -0.2) is 4.98 Å². The van der Waals surface area contributed by atoms with Gasteiger partial charge < -0.3 is 10.3 Å². The van der Waals surface area contributed by atoms with E-state index in [0.29, 0.717) is 18.3 Å². The highest BCUT2D eigenvalue weighted by Crippen LogP contribution is 2.21. The third-order valence-electron chi connectivity index (χ3n) is 3.70. The summed E-state index contributed by atoms with van der Waals surface area (Å²) in [6.07, 6.45) is 3.58. The predicted molar refractivity (Wildman–Crippen MR) is 84.3 cm³/mol. The maximum absolute atomic E-state index is 5.67. The van der Waals surface area contributed by atoms with Gasteiger partial charge in [0.25, 0.3) is 0 Å². The van der Waals surface area contributed by atoms with Gasteiger partial charge in [0.1, 0.15) is 5.01 Å². The largest absolute Gasteiger partial charge is 0.339 e. The molecule has 2 rings (SSSR count). The van der Waals surface area contributed by atoms with E-state index in [0.717, 1.165) is 48.2 Å². The lowest BCUT2D eigenvalue weighted by Crippen LogP contribution is -2.15. The molecule has 1 atom stereocenters. The van der Waals surface area contributed by atoms with Gasteiger partial charge in [0.2, 0.25) is 5.89 Å². The topological polar surface area (TPSA) is 77.8 Å². The Morgan fingerprint density at radius 3 is 2.71 bits per heavy atom. The van der Waals surface area contributed by atoms with E-state index >= 15 is 0 Å². The van der Waals surface area contributed by atoms with Crippen LogP contribution in [0.5, 0.6) is 0 Å². The second kappa shape index (κ2) is 7.66. The van der Waals surface area contributed by atoms with Crippen LogP contribution in [-0.2, 0) is 12.8 Å². The Labute approximate surface area is 130 Å². The van der Waals surface area contributed by atoms with E-state index in [4.69, 9.17) is 10.3 Å². The fraction of sp³-hybridized carbons (Fsp3) is 0.667. The minimum Gasteiger partial charge on any atom is -0.339 e. The zero-order valence-corrected chi connectivity index (χ0v) is 13.8. The van der Waals surface area contributed by atoms with Crippen LogP contribution in [0.2, 0.25) is 0 Å². The second-order valence-electron chi connectivity index (χ2n) is 5.78. The van der Waals surface area contributed by atoms with Gasteiger partial charge in [-0.3, -0.25) is 0 Å². The maximum atomic E-state index is 5.67. The summed E-state index contributed by atoms with van der Waals surface area (Å²) in [7, 11) is 0. The molecule has 0 aliphatic rings. The first-order valence-electron chi connectivity index (χ1n) is 7.51. The van der Waals surface area contributed by atoms with Crippen molar-refractivity contribution < 1.29 is 4.52 Å². The van der Waals surface area contributed by atoms with Gasteiger partial charge in [-0.2, -0.15) is 4.98 Å². The Kier molecular flexibility index (Phi) is 5.87. The second-order valence-corrected chi connectivity index (χ2v) is 6.73. The monoisotopic (exact) mass is 308 g/mol. The summed E-state index contributed by atoms with van der Waals surface area (Å²) in [5.41, 5.74) is 6.71. The minimum atomic E-state index is 0.618. The Hall–Kier alpha value is -1.27. The number of thiazole rings is 1. The first-order chi connectivity index (χ1) is 10.1. The lowest BCUT2D eigenvalue weighted by molar-refractivity contribution is 0.313. The molecule has 1 unspecified atom stereocenters. The number of aromatic nitrogens is 3. The average Bonchev–Trinajstić information content (AvgIpc) is 3.04. The molecule has 2 aromatic rings. The number of rotatable bonds is 8. The van der Waals surface area contributed by atoms with Gasteiger partial charge in [0.05, 0.1) is 6.42 Å². The molecule has 0 saturated carbocycles. The average molecular weight is 308 g/mol. The van der Waals surface area contributed by atoms with Gasteiger partial charge in [-0.05, 0) is 38.1 Å². The normalized spacial score (nSPS) is 13.0. The van der Waals surface area contributed by atoms with Crippen molar-refractivity contribution in [2.24, 2.45) is 17.6 Å². The highest BCUT2D eigenvalue weighted by atomic mass is 32.1. The summed E-state index contributed by atoms with van der Waals surface area (Å²) in [5, 5.41) is 7.11. The molecule has 0 radical (unpaired) electrons. The molecule has 0 fully saturated rings. The van der Waals surface area contributed by atoms with Crippen molar-refractivity contribution in [2.75, 3.05) is 6.54 Å². The van der Waals surface area contributed by atoms with E-state index in [2.05, 4.69) is 29.0 Å². The first kappa shape index (κ1) is 16.1. The van der Waals surface area contributed by atoms with E-state index in [1.54, 1.807) is 11.3 Å². The van der Waals surface area contributed by atoms with Crippen molar-refractivity contribution in [3.8, 4) is 0 Å². The van der Waals surface area contributed by atoms with E-state index in [1.807, 2.05) is 12.3 Å². The van der Waals surface area contributed by atoms with Gasteiger partial charge in [0.15, 0.2) is 5.82 Å². The summed E-state index contributed by atoms with van der Waals surface area (Å²) in [4.78, 5) is 8.88. The van der Waals surface area contributed by atoms with Crippen molar-refractivity contribution in [1.29, 1.82) is 0 Å². The molecule has 2 heterocycles. The quantitative estimate of drug-likeness (QED) is 0.811. The summed E-state index contributed by atoms with van der Waals surface area (Å²) >= 11 is 1.64. The van der Waals surface area contributed by atoms with Crippen LogP contribution in [0.25, 0.3) is 0 Å². The Bertz CT molecular complexity index is 549. The van der Waals surface area contributed by atoms with E-state index in [9.17, 15) is 0 Å². The Balaban J connectivity index is 1.87. The number of hydrogen-bond donors (Lipinski definition) is 1. The van der Waals surface area contributed by atoms with Crippen molar-refractivity contribution >= 4 is 11.3 Å². The number of hydrogen-bond acceptors (Lipinski definition) is 6. The van der Waals surface area contributed by atoms with Gasteiger partial charge in [-0.1, -0.05) is 19.0 Å². The SMILES string of the molecule is Cc1csc(Cc2noc(CCC(CCN)C(C)C)n2)n1. The van der Waals surface area contributed by atoms with Gasteiger partial charge in [-0.15, -0.1) is 11.3 Å². The summed E-state index contributed by atoms with van der Waals surface area (Å²) < 4.78 is 5.34. The molecular formula is C15H24N4OS. The van der Waals surface area contributed by atoms with Crippen LogP contribution >= 0.6 is 11.3 Å². The van der Waals surface area contributed by atoms with Crippen LogP contribution in [0.1, 0.15) is 49.1 Å². The van der Waals surface area contributed by atoms with Crippen molar-refractivity contribution in [3.05, 3.63) is 27.8 Å². The molecule has 6 heteroatoms. The van der Waals surface area contributed by atoms with Gasteiger partial charge in [0, 0.05) is 17.5 Å². The first-order valence-corrected chi connectivity index (χ1v) is 8.39. The molecule has 2 aromatic heterocycles. The van der Waals surface area contributed by atoms with E-state index in [1.165, 1.54) is 0 Å². The fourth-order valence-corrected chi connectivity index (χ4v) is 3.19. The molecule has 0 aliphatic carbocycles. The summed E-state index contributed by atoms with van der Waals surface area (Å²) in [5.74, 6) is 2.70. The molecule has 0 aromatic carbocycles. The van der Waals surface area contributed by atoms with Crippen LogP contribution in [0.4, 0.5) is 0 Å². The number of nitrogens with zero attached hydrogens (tertiary/aromatic N) is 3. The molecule has 0 bridgehead atoms. The van der Waals surface area contributed by atoms with E-state index in [-0.39, 0.29) is 0 Å². The molecule has 0 saturated heterocycles. The molecule has 21 heavy (non-hydrogen) atoms. The lowest BCUT2D eigenvalue weighted by Gasteiger charge is -2.18. The van der Waals surface area contributed by atoms with Crippen LogP contribution < -0.4 is 5.73 Å². The minimum absolute atomic E-state index is 0.618. The van der Waals surface area contributed by atoms with Crippen molar-refractivity contribution in [2.45, 2.75) is 46.5 Å². The van der Waals surface area contributed by atoms with Crippen LogP contribution in [0.15, 0.2) is 9.90 Å². The Morgan fingerprint density at radius 1 is 1.29 bits per heavy atom. The third-order valence-corrected chi connectivity index (χ3v) is 4.66. The molecule has 0 spiro atoms. The van der Waals surface area contributed by atoms with Crippen molar-refractivity contribution in [1.82, 2.24) is 15.1 Å². The number of nitrogens with two attached hydrogens (primary N) is 1. The van der Waals surface area contributed by atoms with E-state index < -0.39 is 0 Å². The molecule has 116 valence electrons. The fourth-order valence-electron chi connectivity index (χ4n) is 2.42. The highest BCUT2D eigenvalue weighted by Gasteiger charge is 2.15. The van der Waals surface area contributed by atoms with Crippen LogP contribution in [0.3, 0.4) is 0 Å². The molecule has 5 nitrogen and oxygen atoms in total. The lowest BCUT2D eigenvalue weighted by atomic mass is 9.88. The standard InChI is InChI=1S/C15H24N4OS/c1-10(2)12(6-7-16)4-5-14-18-13(19-20-14)8-15-17-11(3)9-21-15/h9-10,12H,4-8,16H2,1-3H3. The zero-order chi connectivity index (χ0) is 15.2. The molecule has 0 amide bonds. The zero-order valence-electron chi connectivity index (χ0n) is 13.0. The summed E-state index contributed by atoms with van der Waals surface area (Å²) in [6, 6.07) is 0. The third kappa shape index (κ3) is 4.89. The van der Waals surface area contributed by atoms with Crippen LogP contribution in [0, 0.1) is 18.8 Å². The smallest absolute Gasteiger partial charge is 0.226 e. The van der Waals surface area contributed by atoms with Crippen molar-refractivity contribution in [3.63, 3.8) is 0 Å². The number of aryl methyl sites for hydroxylation is 2. The maximum Gasteiger partial charge on any atom is 0.226 e. The van der Waals surface area contributed by atoms with Crippen LogP contribution in [-0.4, -0.2) is 21.7 Å². The highest BCUT2D eigenvalue weighted by molar-refractivity contribution is 7.09.